The molecule has 0 unspecified atom stereocenters. The first-order valence-corrected chi connectivity index (χ1v) is 7.34. The van der Waals surface area contributed by atoms with Crippen molar-refractivity contribution in [3.05, 3.63) is 65.7 Å². The van der Waals surface area contributed by atoms with Crippen LogP contribution in [0.3, 0.4) is 0 Å². The summed E-state index contributed by atoms with van der Waals surface area (Å²) in [7, 11) is 0. The second-order valence-corrected chi connectivity index (χ2v) is 5.62. The minimum atomic E-state index is -0.311. The van der Waals surface area contributed by atoms with Crippen molar-refractivity contribution >= 4 is 23.0 Å². The quantitative estimate of drug-likeness (QED) is 0.590. The predicted molar refractivity (Wildman–Crippen MR) is 82.5 cm³/mol. The Labute approximate surface area is 125 Å². The van der Waals surface area contributed by atoms with Crippen LogP contribution < -0.4 is 5.73 Å². The lowest BCUT2D eigenvalue weighted by atomic mass is 10.2. The zero-order valence-corrected chi connectivity index (χ0v) is 11.9. The summed E-state index contributed by atoms with van der Waals surface area (Å²) >= 11 is 1.43. The van der Waals surface area contributed by atoms with Crippen LogP contribution in [-0.4, -0.2) is 4.40 Å². The number of fused-ring (bicyclic) bond motifs is 1. The second kappa shape index (κ2) is 5.51. The van der Waals surface area contributed by atoms with Crippen molar-refractivity contribution in [3.8, 4) is 6.07 Å². The molecule has 3 aromatic rings. The third kappa shape index (κ3) is 2.58. The van der Waals surface area contributed by atoms with Crippen LogP contribution in [0.25, 0.3) is 5.52 Å². The van der Waals surface area contributed by atoms with Gasteiger partial charge in [0, 0.05) is 28.7 Å². The Morgan fingerprint density at radius 2 is 2.14 bits per heavy atom. The van der Waals surface area contributed by atoms with Crippen LogP contribution in [0.2, 0.25) is 0 Å². The van der Waals surface area contributed by atoms with Gasteiger partial charge in [-0.2, -0.15) is 5.26 Å². The zero-order chi connectivity index (χ0) is 14.8. The van der Waals surface area contributed by atoms with Gasteiger partial charge in [0.15, 0.2) is 0 Å². The number of halogens is 1. The Morgan fingerprint density at radius 1 is 1.29 bits per heavy atom. The number of anilines is 1. The van der Waals surface area contributed by atoms with E-state index in [1.54, 1.807) is 6.07 Å². The first kappa shape index (κ1) is 13.5. The van der Waals surface area contributed by atoms with Gasteiger partial charge in [-0.3, -0.25) is 0 Å². The topological polar surface area (TPSA) is 54.2 Å². The lowest BCUT2D eigenvalue weighted by Gasteiger charge is -2.04. The van der Waals surface area contributed by atoms with Gasteiger partial charge in [-0.15, -0.1) is 11.8 Å². The molecule has 3 nitrogen and oxygen atoms in total. The molecule has 0 radical (unpaired) electrons. The molecule has 2 N–H and O–H groups in total. The Balaban J connectivity index is 1.92. The van der Waals surface area contributed by atoms with E-state index >= 15 is 0 Å². The normalized spacial score (nSPS) is 10.7. The number of aromatic nitrogens is 1. The van der Waals surface area contributed by atoms with E-state index in [1.807, 2.05) is 35.0 Å². The van der Waals surface area contributed by atoms with Gasteiger partial charge < -0.3 is 10.1 Å². The van der Waals surface area contributed by atoms with Crippen molar-refractivity contribution in [1.82, 2.24) is 4.40 Å². The average Bonchev–Trinajstić information content (AvgIpc) is 2.85. The molecule has 2 heterocycles. The highest BCUT2D eigenvalue weighted by Crippen LogP contribution is 2.31. The molecule has 0 saturated carbocycles. The highest BCUT2D eigenvalue weighted by atomic mass is 32.2. The van der Waals surface area contributed by atoms with E-state index in [4.69, 9.17) is 5.73 Å². The van der Waals surface area contributed by atoms with Gasteiger partial charge in [0.1, 0.15) is 11.9 Å². The summed E-state index contributed by atoms with van der Waals surface area (Å²) in [4.78, 5) is 0.689. The zero-order valence-electron chi connectivity index (χ0n) is 11.1. The molecule has 0 amide bonds. The fraction of sp³-hybridized carbons (Fsp3) is 0.0625. The number of thioether (sulfide) groups is 1. The minimum absolute atomic E-state index is 0.311. The van der Waals surface area contributed by atoms with Gasteiger partial charge in [0.2, 0.25) is 0 Å². The molecule has 0 bridgehead atoms. The maximum Gasteiger partial charge on any atom is 0.124 e. The highest BCUT2D eigenvalue weighted by molar-refractivity contribution is 7.98. The number of nitrogens with two attached hydrogens (primary N) is 1. The van der Waals surface area contributed by atoms with Gasteiger partial charge in [-0.25, -0.2) is 4.39 Å². The molecule has 2 aromatic heterocycles. The van der Waals surface area contributed by atoms with Crippen LogP contribution in [-0.2, 0) is 5.75 Å². The van der Waals surface area contributed by atoms with Crippen LogP contribution in [0, 0.1) is 17.1 Å². The van der Waals surface area contributed by atoms with Crippen molar-refractivity contribution in [2.24, 2.45) is 0 Å². The minimum Gasteiger partial charge on any atom is -0.398 e. The molecule has 0 spiro atoms. The number of nitriles is 1. The first-order valence-electron chi connectivity index (χ1n) is 6.35. The van der Waals surface area contributed by atoms with Gasteiger partial charge in [-0.05, 0) is 35.9 Å². The number of hydrogen-bond donors (Lipinski definition) is 1. The highest BCUT2D eigenvalue weighted by Gasteiger charge is 2.11. The van der Waals surface area contributed by atoms with Crippen molar-refractivity contribution in [2.75, 3.05) is 5.73 Å². The average molecular weight is 297 g/mol. The maximum absolute atomic E-state index is 13.3. The van der Waals surface area contributed by atoms with Gasteiger partial charge >= 0.3 is 0 Å². The molecule has 21 heavy (non-hydrogen) atoms. The fourth-order valence-corrected chi connectivity index (χ4v) is 3.17. The molecule has 104 valence electrons. The molecular weight excluding hydrogens is 285 g/mol. The van der Waals surface area contributed by atoms with Gasteiger partial charge in [0.25, 0.3) is 0 Å². The van der Waals surface area contributed by atoms with E-state index in [2.05, 4.69) is 6.07 Å². The molecule has 0 aliphatic heterocycles. The summed E-state index contributed by atoms with van der Waals surface area (Å²) < 4.78 is 15.2. The van der Waals surface area contributed by atoms with Crippen LogP contribution in [0.5, 0.6) is 0 Å². The summed E-state index contributed by atoms with van der Waals surface area (Å²) in [5.74, 6) is 0.257. The molecular formula is C16H12FN3S. The largest absolute Gasteiger partial charge is 0.398 e. The summed E-state index contributed by atoms with van der Waals surface area (Å²) in [6.45, 7) is 0. The molecule has 3 rings (SSSR count). The van der Waals surface area contributed by atoms with E-state index < -0.39 is 0 Å². The smallest absolute Gasteiger partial charge is 0.124 e. The number of nitrogen functional groups attached to an aromatic ring is 1. The third-order valence-corrected chi connectivity index (χ3v) is 4.35. The summed E-state index contributed by atoms with van der Waals surface area (Å²) in [6.07, 6.45) is 3.83. The van der Waals surface area contributed by atoms with Crippen molar-refractivity contribution in [2.45, 2.75) is 10.6 Å². The predicted octanol–water partition coefficient (Wildman–Crippen LogP) is 3.82. The lowest BCUT2D eigenvalue weighted by Crippen LogP contribution is -1.90. The molecule has 1 aromatic carbocycles. The fourth-order valence-electron chi connectivity index (χ4n) is 2.20. The Morgan fingerprint density at radius 3 is 2.95 bits per heavy atom. The second-order valence-electron chi connectivity index (χ2n) is 4.61. The Bertz CT molecular complexity index is 848. The lowest BCUT2D eigenvalue weighted by molar-refractivity contribution is 0.624. The van der Waals surface area contributed by atoms with E-state index in [-0.39, 0.29) is 5.82 Å². The maximum atomic E-state index is 13.3. The molecule has 0 fully saturated rings. The Hall–Kier alpha value is -2.45. The van der Waals surface area contributed by atoms with Crippen molar-refractivity contribution < 1.29 is 4.39 Å². The van der Waals surface area contributed by atoms with Crippen LogP contribution in [0.1, 0.15) is 11.1 Å². The van der Waals surface area contributed by atoms with E-state index in [1.165, 1.54) is 23.9 Å². The van der Waals surface area contributed by atoms with Gasteiger partial charge in [0.05, 0.1) is 11.1 Å². The Kier molecular flexibility index (Phi) is 3.55. The number of hydrogen-bond acceptors (Lipinski definition) is 3. The standard InChI is InChI=1S/C16H12FN3S/c17-12-4-5-14(19)16(7-12)21-10-11-9-20-6-2-1-3-15(20)13(11)8-18/h1-7,9H,10,19H2. The SMILES string of the molecule is N#Cc1c(CSc2cc(F)ccc2N)cn2ccccc12. The summed E-state index contributed by atoms with van der Waals surface area (Å²) in [5.41, 5.74) is 8.83. The van der Waals surface area contributed by atoms with Gasteiger partial charge in [-0.1, -0.05) is 6.07 Å². The summed E-state index contributed by atoms with van der Waals surface area (Å²) in [5, 5.41) is 9.34. The van der Waals surface area contributed by atoms with Crippen LogP contribution in [0.4, 0.5) is 10.1 Å². The molecule has 0 aliphatic rings. The molecule has 5 heteroatoms. The van der Waals surface area contributed by atoms with Crippen LogP contribution >= 0.6 is 11.8 Å². The summed E-state index contributed by atoms with van der Waals surface area (Å²) in [6, 6.07) is 12.3. The first-order chi connectivity index (χ1) is 10.2. The monoisotopic (exact) mass is 297 g/mol. The number of benzene rings is 1. The number of pyridine rings is 1. The molecule has 0 aliphatic carbocycles. The van der Waals surface area contributed by atoms with Crippen molar-refractivity contribution in [3.63, 3.8) is 0 Å². The van der Waals surface area contributed by atoms with Crippen LogP contribution in [0.15, 0.2) is 53.7 Å². The number of nitrogens with zero attached hydrogens (tertiary/aromatic N) is 2. The van der Waals surface area contributed by atoms with E-state index in [9.17, 15) is 9.65 Å². The van der Waals surface area contributed by atoms with E-state index in [0.29, 0.717) is 21.9 Å². The third-order valence-electron chi connectivity index (χ3n) is 3.23. The van der Waals surface area contributed by atoms with E-state index in [0.717, 1.165) is 11.1 Å². The molecule has 0 saturated heterocycles. The number of rotatable bonds is 3. The molecule has 0 atom stereocenters. The van der Waals surface area contributed by atoms with Crippen molar-refractivity contribution in [1.29, 1.82) is 5.26 Å².